The largest absolute Gasteiger partial charge is 0.457 e. The van der Waals surface area contributed by atoms with E-state index in [1.807, 2.05) is 24.3 Å². The molecule has 142 valence electrons. The molecule has 0 radical (unpaired) electrons. The third-order valence-corrected chi connectivity index (χ3v) is 5.13. The van der Waals surface area contributed by atoms with E-state index in [0.29, 0.717) is 33.8 Å². The summed E-state index contributed by atoms with van der Waals surface area (Å²) in [5.74, 6) is -1.03. The molecule has 0 bridgehead atoms. The van der Waals surface area contributed by atoms with Crippen molar-refractivity contribution in [3.63, 3.8) is 0 Å². The number of benzene rings is 3. The third-order valence-electron chi connectivity index (χ3n) is 5.13. The number of fused-ring (bicyclic) bond motifs is 3. The number of nitrogens with zero attached hydrogens (tertiary/aromatic N) is 1. The minimum atomic E-state index is -0.702. The van der Waals surface area contributed by atoms with Gasteiger partial charge in [-0.3, -0.25) is 14.4 Å². The van der Waals surface area contributed by atoms with Crippen LogP contribution in [0.4, 0.5) is 0 Å². The number of carbonyl (C=O) groups excluding carboxylic acids is 3. The second-order valence-electron chi connectivity index (χ2n) is 6.79. The maximum atomic E-state index is 13.0. The third kappa shape index (κ3) is 2.69. The minimum absolute atomic E-state index is 0.315. The summed E-state index contributed by atoms with van der Waals surface area (Å²) >= 11 is 0. The summed E-state index contributed by atoms with van der Waals surface area (Å²) < 4.78 is 11.3. The highest BCUT2D eigenvalue weighted by Gasteiger charge is 2.38. The van der Waals surface area contributed by atoms with Crippen molar-refractivity contribution in [2.45, 2.75) is 5.92 Å². The Morgan fingerprint density at radius 3 is 1.83 bits per heavy atom. The van der Waals surface area contributed by atoms with Crippen LogP contribution in [0.1, 0.15) is 37.8 Å². The minimum Gasteiger partial charge on any atom is -0.457 e. The van der Waals surface area contributed by atoms with E-state index in [4.69, 9.17) is 9.47 Å². The molecule has 0 unspecified atom stereocenters. The van der Waals surface area contributed by atoms with Crippen LogP contribution in [0.2, 0.25) is 0 Å². The molecule has 0 spiro atoms. The first-order valence-electron chi connectivity index (χ1n) is 9.12. The number of carbonyl (C=O) groups is 3. The lowest BCUT2D eigenvalue weighted by molar-refractivity contribution is -0.147. The Bertz CT molecular complexity index is 1090. The molecule has 5 rings (SSSR count). The number of hydrogen-bond acceptors (Lipinski definition) is 5. The van der Waals surface area contributed by atoms with Crippen molar-refractivity contribution < 1.29 is 23.9 Å². The molecule has 2 amide bonds. The lowest BCUT2D eigenvalue weighted by Crippen LogP contribution is -2.34. The molecule has 0 aromatic heterocycles. The SMILES string of the molecule is O=C(OCN1C(=O)c2ccccc2C1=O)C1c2ccccc2Oc2ccccc21. The Hall–Kier alpha value is -3.93. The van der Waals surface area contributed by atoms with Crippen LogP contribution in [0.25, 0.3) is 0 Å². The number of amides is 2. The molecular formula is C23H15NO5. The first kappa shape index (κ1) is 17.2. The van der Waals surface area contributed by atoms with Gasteiger partial charge in [-0.15, -0.1) is 0 Å². The van der Waals surface area contributed by atoms with Gasteiger partial charge in [0.15, 0.2) is 6.73 Å². The molecule has 0 saturated carbocycles. The first-order chi connectivity index (χ1) is 14.1. The van der Waals surface area contributed by atoms with Gasteiger partial charge in [-0.1, -0.05) is 48.5 Å². The predicted octanol–water partition coefficient (Wildman–Crippen LogP) is 3.72. The van der Waals surface area contributed by atoms with Crippen molar-refractivity contribution in [1.29, 1.82) is 0 Å². The number of ether oxygens (including phenoxy) is 2. The molecule has 3 aromatic carbocycles. The van der Waals surface area contributed by atoms with Gasteiger partial charge in [-0.25, -0.2) is 4.90 Å². The van der Waals surface area contributed by atoms with Crippen LogP contribution in [-0.2, 0) is 9.53 Å². The van der Waals surface area contributed by atoms with Crippen molar-refractivity contribution in [2.24, 2.45) is 0 Å². The van der Waals surface area contributed by atoms with Gasteiger partial charge in [0, 0.05) is 11.1 Å². The van der Waals surface area contributed by atoms with Crippen LogP contribution in [0.3, 0.4) is 0 Å². The summed E-state index contributed by atoms with van der Waals surface area (Å²) in [6, 6.07) is 21.0. The van der Waals surface area contributed by atoms with Gasteiger partial charge in [0.1, 0.15) is 17.4 Å². The summed E-state index contributed by atoms with van der Waals surface area (Å²) in [4.78, 5) is 39.0. The van der Waals surface area contributed by atoms with Crippen molar-refractivity contribution in [3.05, 3.63) is 95.1 Å². The summed E-state index contributed by atoms with van der Waals surface area (Å²) in [5, 5.41) is 0. The first-order valence-corrected chi connectivity index (χ1v) is 9.12. The molecule has 0 atom stereocenters. The standard InChI is InChI=1S/C23H15NO5/c25-21-14-7-1-2-8-15(14)22(26)24(21)13-28-23(27)20-16-9-3-5-11-18(16)29-19-12-6-4-10-17(19)20/h1-12,20H,13H2. The number of esters is 1. The molecule has 0 saturated heterocycles. The van der Waals surface area contributed by atoms with Crippen molar-refractivity contribution in [1.82, 2.24) is 4.90 Å². The summed E-state index contributed by atoms with van der Waals surface area (Å²) in [6.07, 6.45) is 0. The van der Waals surface area contributed by atoms with E-state index in [1.54, 1.807) is 48.5 Å². The summed E-state index contributed by atoms with van der Waals surface area (Å²) in [7, 11) is 0. The molecule has 29 heavy (non-hydrogen) atoms. The smallest absolute Gasteiger partial charge is 0.319 e. The van der Waals surface area contributed by atoms with Crippen molar-refractivity contribution in [2.75, 3.05) is 6.73 Å². The summed E-state index contributed by atoms with van der Waals surface area (Å²) in [5.41, 5.74) is 1.99. The number of rotatable bonds is 3. The summed E-state index contributed by atoms with van der Waals surface area (Å²) in [6.45, 7) is -0.438. The molecule has 6 heteroatoms. The van der Waals surface area contributed by atoms with E-state index in [9.17, 15) is 14.4 Å². The van der Waals surface area contributed by atoms with Crippen LogP contribution in [-0.4, -0.2) is 29.4 Å². The topological polar surface area (TPSA) is 72.9 Å². The second-order valence-corrected chi connectivity index (χ2v) is 6.79. The Morgan fingerprint density at radius 2 is 1.28 bits per heavy atom. The molecular weight excluding hydrogens is 370 g/mol. The lowest BCUT2D eigenvalue weighted by Gasteiger charge is -2.27. The van der Waals surface area contributed by atoms with E-state index >= 15 is 0 Å². The molecule has 2 aliphatic heterocycles. The monoisotopic (exact) mass is 385 g/mol. The quantitative estimate of drug-likeness (QED) is 0.508. The van der Waals surface area contributed by atoms with Crippen LogP contribution >= 0.6 is 0 Å². The lowest BCUT2D eigenvalue weighted by atomic mass is 9.88. The van der Waals surface area contributed by atoms with Gasteiger partial charge < -0.3 is 9.47 Å². The Labute approximate surface area is 166 Å². The zero-order chi connectivity index (χ0) is 20.0. The van der Waals surface area contributed by atoms with E-state index in [1.165, 1.54) is 0 Å². The fourth-order valence-corrected chi connectivity index (χ4v) is 3.73. The molecule has 0 N–H and O–H groups in total. The molecule has 0 aliphatic carbocycles. The van der Waals surface area contributed by atoms with E-state index in [-0.39, 0.29) is 0 Å². The number of para-hydroxylation sites is 2. The average Bonchev–Trinajstić information content (AvgIpc) is 3.00. The zero-order valence-electron chi connectivity index (χ0n) is 15.2. The molecule has 2 heterocycles. The van der Waals surface area contributed by atoms with Crippen molar-refractivity contribution in [3.8, 4) is 11.5 Å². The highest BCUT2D eigenvalue weighted by molar-refractivity contribution is 6.21. The van der Waals surface area contributed by atoms with Gasteiger partial charge in [0.25, 0.3) is 11.8 Å². The van der Waals surface area contributed by atoms with Gasteiger partial charge in [-0.05, 0) is 24.3 Å². The van der Waals surface area contributed by atoms with Crippen LogP contribution in [0.15, 0.2) is 72.8 Å². The van der Waals surface area contributed by atoms with Gasteiger partial charge in [0.2, 0.25) is 0 Å². The highest BCUT2D eigenvalue weighted by Crippen LogP contribution is 2.44. The maximum absolute atomic E-state index is 13.0. The average molecular weight is 385 g/mol. The van der Waals surface area contributed by atoms with E-state index in [0.717, 1.165) is 4.90 Å². The predicted molar refractivity (Wildman–Crippen MR) is 103 cm³/mol. The Kier molecular flexibility index (Phi) is 3.91. The van der Waals surface area contributed by atoms with E-state index < -0.39 is 30.4 Å². The van der Waals surface area contributed by atoms with Gasteiger partial charge >= 0.3 is 5.97 Å². The highest BCUT2D eigenvalue weighted by atomic mass is 16.5. The molecule has 3 aromatic rings. The zero-order valence-corrected chi connectivity index (χ0v) is 15.2. The molecule has 6 nitrogen and oxygen atoms in total. The Balaban J connectivity index is 1.41. The van der Waals surface area contributed by atoms with Crippen LogP contribution in [0, 0.1) is 0 Å². The van der Waals surface area contributed by atoms with Crippen molar-refractivity contribution >= 4 is 17.8 Å². The fourth-order valence-electron chi connectivity index (χ4n) is 3.73. The molecule has 0 fully saturated rings. The van der Waals surface area contributed by atoms with Crippen LogP contribution < -0.4 is 4.74 Å². The maximum Gasteiger partial charge on any atom is 0.319 e. The van der Waals surface area contributed by atoms with Gasteiger partial charge in [0.05, 0.1) is 11.1 Å². The van der Waals surface area contributed by atoms with E-state index in [2.05, 4.69) is 0 Å². The Morgan fingerprint density at radius 1 is 0.793 bits per heavy atom. The normalized spacial score (nSPS) is 14.7. The van der Waals surface area contributed by atoms with Crippen LogP contribution in [0.5, 0.6) is 11.5 Å². The second kappa shape index (κ2) is 6.60. The molecule has 2 aliphatic rings. The number of imide groups is 1. The fraction of sp³-hybridized carbons (Fsp3) is 0.0870. The van der Waals surface area contributed by atoms with Gasteiger partial charge in [-0.2, -0.15) is 0 Å². The number of hydrogen-bond donors (Lipinski definition) is 0.